The van der Waals surface area contributed by atoms with Crippen molar-refractivity contribution in [2.24, 2.45) is 5.92 Å². The highest BCUT2D eigenvalue weighted by molar-refractivity contribution is 5.42. The number of rotatable bonds is 4. The number of imidazole rings is 1. The number of anilines is 1. The Kier molecular flexibility index (Phi) is 4.15. The Hall–Kier alpha value is -2.79. The molecule has 0 radical (unpaired) electrons. The van der Waals surface area contributed by atoms with E-state index < -0.39 is 0 Å². The number of methoxy groups -OCH3 is 1. The van der Waals surface area contributed by atoms with Crippen LogP contribution in [0.4, 0.5) is 5.95 Å². The molecule has 2 aromatic carbocycles. The fraction of sp³-hybridized carbons (Fsp3) is 0.250. The van der Waals surface area contributed by atoms with Gasteiger partial charge in [0.1, 0.15) is 5.75 Å². The van der Waals surface area contributed by atoms with Gasteiger partial charge in [0.15, 0.2) is 0 Å². The summed E-state index contributed by atoms with van der Waals surface area (Å²) in [5, 5.41) is 13.7. The zero-order chi connectivity index (χ0) is 17.2. The first kappa shape index (κ1) is 15.7. The molecule has 0 saturated heterocycles. The van der Waals surface area contributed by atoms with Crippen molar-refractivity contribution in [1.29, 1.82) is 0 Å². The average Bonchev–Trinajstić information content (AvgIpc) is 3.15. The molecule has 0 unspecified atom stereocenters. The largest absolute Gasteiger partial charge is 0.497 e. The fourth-order valence-corrected chi connectivity index (χ4v) is 3.71. The van der Waals surface area contributed by atoms with Crippen molar-refractivity contribution in [2.45, 2.75) is 12.1 Å². The highest BCUT2D eigenvalue weighted by Crippen LogP contribution is 2.43. The number of nitrogens with zero attached hydrogens (tertiary/aromatic N) is 2. The summed E-state index contributed by atoms with van der Waals surface area (Å²) < 4.78 is 7.48. The summed E-state index contributed by atoms with van der Waals surface area (Å²) in [4.78, 5) is 4.46. The van der Waals surface area contributed by atoms with Crippen LogP contribution in [-0.4, -0.2) is 28.4 Å². The maximum absolute atomic E-state index is 10.2. The lowest BCUT2D eigenvalue weighted by Gasteiger charge is -2.40. The number of fused-ring (bicyclic) bond motifs is 1. The van der Waals surface area contributed by atoms with E-state index in [0.29, 0.717) is 0 Å². The minimum absolute atomic E-state index is 0.0164. The van der Waals surface area contributed by atoms with Crippen molar-refractivity contribution < 1.29 is 9.84 Å². The molecule has 5 nitrogen and oxygen atoms in total. The second kappa shape index (κ2) is 6.61. The van der Waals surface area contributed by atoms with Crippen LogP contribution in [0.25, 0.3) is 0 Å². The van der Waals surface area contributed by atoms with Gasteiger partial charge in [0.2, 0.25) is 5.95 Å². The fourth-order valence-electron chi connectivity index (χ4n) is 3.71. The molecular formula is C20H21N3O2. The van der Waals surface area contributed by atoms with Gasteiger partial charge < -0.3 is 19.7 Å². The number of aliphatic hydroxyl groups excluding tert-OH is 1. The molecule has 0 saturated carbocycles. The summed E-state index contributed by atoms with van der Waals surface area (Å²) >= 11 is 0. The minimum Gasteiger partial charge on any atom is -0.497 e. The predicted molar refractivity (Wildman–Crippen MR) is 96.7 cm³/mol. The maximum atomic E-state index is 10.2. The lowest BCUT2D eigenvalue weighted by Crippen LogP contribution is -2.38. The molecule has 4 rings (SSSR count). The Morgan fingerprint density at radius 2 is 1.92 bits per heavy atom. The van der Waals surface area contributed by atoms with E-state index in [2.05, 4.69) is 33.1 Å². The number of aromatic nitrogens is 2. The van der Waals surface area contributed by atoms with E-state index in [1.165, 1.54) is 0 Å². The van der Waals surface area contributed by atoms with Gasteiger partial charge in [0.25, 0.3) is 0 Å². The van der Waals surface area contributed by atoms with Gasteiger partial charge in [-0.3, -0.25) is 0 Å². The molecule has 0 fully saturated rings. The molecule has 1 aromatic heterocycles. The van der Waals surface area contributed by atoms with Gasteiger partial charge in [0.05, 0.1) is 25.8 Å². The molecule has 0 spiro atoms. The van der Waals surface area contributed by atoms with Crippen LogP contribution in [0.2, 0.25) is 0 Å². The number of aliphatic hydroxyl groups is 1. The number of hydrogen-bond donors (Lipinski definition) is 2. The van der Waals surface area contributed by atoms with Crippen LogP contribution in [0, 0.1) is 5.92 Å². The number of hydrogen-bond acceptors (Lipinski definition) is 4. The molecule has 2 N–H and O–H groups in total. The van der Waals surface area contributed by atoms with Gasteiger partial charge in [-0.05, 0) is 23.3 Å². The Morgan fingerprint density at radius 3 is 2.68 bits per heavy atom. The van der Waals surface area contributed by atoms with Crippen LogP contribution in [0.1, 0.15) is 23.2 Å². The molecule has 3 aromatic rings. The molecule has 2 heterocycles. The lowest BCUT2D eigenvalue weighted by molar-refractivity contribution is 0.166. The van der Waals surface area contributed by atoms with Crippen LogP contribution in [0.15, 0.2) is 67.0 Å². The predicted octanol–water partition coefficient (Wildman–Crippen LogP) is 3.26. The Labute approximate surface area is 146 Å². The third-order valence-electron chi connectivity index (χ3n) is 4.89. The van der Waals surface area contributed by atoms with E-state index >= 15 is 0 Å². The van der Waals surface area contributed by atoms with Crippen molar-refractivity contribution in [3.8, 4) is 5.75 Å². The van der Waals surface area contributed by atoms with Crippen molar-refractivity contribution in [1.82, 2.24) is 9.55 Å². The van der Waals surface area contributed by atoms with E-state index in [1.807, 2.05) is 42.6 Å². The first-order chi connectivity index (χ1) is 12.3. The van der Waals surface area contributed by atoms with Gasteiger partial charge in [-0.15, -0.1) is 0 Å². The van der Waals surface area contributed by atoms with Crippen LogP contribution in [0.3, 0.4) is 0 Å². The summed E-state index contributed by atoms with van der Waals surface area (Å²) in [5.41, 5.74) is 2.24. The van der Waals surface area contributed by atoms with E-state index in [9.17, 15) is 5.11 Å². The molecule has 1 aliphatic rings. The monoisotopic (exact) mass is 335 g/mol. The van der Waals surface area contributed by atoms with Crippen LogP contribution in [0.5, 0.6) is 5.75 Å². The summed E-state index contributed by atoms with van der Waals surface area (Å²) in [6.07, 6.45) is 3.74. The summed E-state index contributed by atoms with van der Waals surface area (Å²) in [6.45, 7) is 0.0616. The zero-order valence-corrected chi connectivity index (χ0v) is 14.0. The van der Waals surface area contributed by atoms with Gasteiger partial charge >= 0.3 is 0 Å². The standard InChI is InChI=1S/C20H21N3O2/c1-25-16-9-5-8-15(12-16)19-17(13-24)18(14-6-3-2-4-7-14)22-20-21-10-11-23(19)20/h2-12,17-19,24H,13H2,1H3,(H,21,22)/t17-,18-,19+/m0/s1. The van der Waals surface area contributed by atoms with E-state index in [0.717, 1.165) is 22.8 Å². The summed E-state index contributed by atoms with van der Waals surface area (Å²) in [5.74, 6) is 1.59. The Balaban J connectivity index is 1.83. The topological polar surface area (TPSA) is 59.3 Å². The maximum Gasteiger partial charge on any atom is 0.203 e. The van der Waals surface area contributed by atoms with Gasteiger partial charge in [0, 0.05) is 18.3 Å². The third kappa shape index (κ3) is 2.76. The quantitative estimate of drug-likeness (QED) is 0.768. The highest BCUT2D eigenvalue weighted by atomic mass is 16.5. The Morgan fingerprint density at radius 1 is 1.12 bits per heavy atom. The summed E-state index contributed by atoms with van der Waals surface area (Å²) in [7, 11) is 1.67. The van der Waals surface area contributed by atoms with E-state index in [-0.39, 0.29) is 24.6 Å². The molecule has 0 aliphatic carbocycles. The van der Waals surface area contributed by atoms with Crippen molar-refractivity contribution in [3.63, 3.8) is 0 Å². The smallest absolute Gasteiger partial charge is 0.203 e. The normalized spacial score (nSPS) is 22.1. The highest BCUT2D eigenvalue weighted by Gasteiger charge is 2.38. The number of nitrogens with one attached hydrogen (secondary N) is 1. The first-order valence-corrected chi connectivity index (χ1v) is 8.41. The average molecular weight is 335 g/mol. The van der Waals surface area contributed by atoms with Gasteiger partial charge in [-0.2, -0.15) is 0 Å². The number of benzene rings is 2. The molecule has 3 atom stereocenters. The molecule has 5 heteroatoms. The van der Waals surface area contributed by atoms with Crippen LogP contribution >= 0.6 is 0 Å². The van der Waals surface area contributed by atoms with Crippen molar-refractivity contribution in [2.75, 3.05) is 19.0 Å². The van der Waals surface area contributed by atoms with Crippen LogP contribution in [-0.2, 0) is 0 Å². The SMILES string of the molecule is COc1cccc([C@@H]2[C@@H](CO)[C@H](c3ccccc3)Nc3nccn32)c1. The minimum atomic E-state index is -0.0313. The molecule has 0 amide bonds. The molecule has 25 heavy (non-hydrogen) atoms. The molecular weight excluding hydrogens is 314 g/mol. The first-order valence-electron chi connectivity index (χ1n) is 8.41. The van der Waals surface area contributed by atoms with Gasteiger partial charge in [-0.1, -0.05) is 42.5 Å². The molecule has 128 valence electrons. The second-order valence-electron chi connectivity index (χ2n) is 6.26. The Bertz CT molecular complexity index is 847. The zero-order valence-electron chi connectivity index (χ0n) is 14.0. The summed E-state index contributed by atoms with van der Waals surface area (Å²) in [6, 6.07) is 18.2. The van der Waals surface area contributed by atoms with Crippen molar-refractivity contribution >= 4 is 5.95 Å². The molecule has 0 bridgehead atoms. The molecule has 1 aliphatic heterocycles. The number of ether oxygens (including phenoxy) is 1. The van der Waals surface area contributed by atoms with E-state index in [4.69, 9.17) is 4.74 Å². The van der Waals surface area contributed by atoms with Crippen molar-refractivity contribution in [3.05, 3.63) is 78.1 Å². The lowest BCUT2D eigenvalue weighted by atomic mass is 9.82. The van der Waals surface area contributed by atoms with Crippen LogP contribution < -0.4 is 10.1 Å². The van der Waals surface area contributed by atoms with Gasteiger partial charge in [-0.25, -0.2) is 4.98 Å². The van der Waals surface area contributed by atoms with E-state index in [1.54, 1.807) is 13.3 Å². The second-order valence-corrected chi connectivity index (χ2v) is 6.26. The third-order valence-corrected chi connectivity index (χ3v) is 4.89.